The van der Waals surface area contributed by atoms with Crippen LogP contribution in [0.3, 0.4) is 0 Å². The van der Waals surface area contributed by atoms with E-state index in [-0.39, 0.29) is 11.6 Å². The van der Waals surface area contributed by atoms with Gasteiger partial charge in [0.2, 0.25) is 10.0 Å². The molecule has 0 saturated heterocycles. The molecule has 0 atom stereocenters. The van der Waals surface area contributed by atoms with Crippen molar-refractivity contribution in [1.29, 1.82) is 0 Å². The molecule has 17 heavy (non-hydrogen) atoms. The summed E-state index contributed by atoms with van der Waals surface area (Å²) in [5, 5.41) is 7.06. The Morgan fingerprint density at radius 1 is 1.53 bits per heavy atom. The van der Waals surface area contributed by atoms with Crippen molar-refractivity contribution in [1.82, 2.24) is 5.32 Å². The normalized spacial score (nSPS) is 11.3. The number of hydrogen-bond acceptors (Lipinski definition) is 3. The number of hydrogen-bond donors (Lipinski definition) is 2. The van der Waals surface area contributed by atoms with Crippen LogP contribution in [0.4, 0.5) is 4.39 Å². The molecule has 94 valence electrons. The maximum Gasteiger partial charge on any atom is 0.254 e. The second kappa shape index (κ2) is 4.99. The predicted molar refractivity (Wildman–Crippen MR) is 60.8 cm³/mol. The zero-order valence-corrected chi connectivity index (χ0v) is 10.4. The van der Waals surface area contributed by atoms with Gasteiger partial charge in [-0.3, -0.25) is 4.79 Å². The molecule has 1 rings (SSSR count). The van der Waals surface area contributed by atoms with Gasteiger partial charge >= 0.3 is 0 Å². The highest BCUT2D eigenvalue weighted by Crippen LogP contribution is 2.22. The molecule has 0 aliphatic rings. The lowest BCUT2D eigenvalue weighted by atomic mass is 10.2. The summed E-state index contributed by atoms with van der Waals surface area (Å²) in [4.78, 5) is 10.7. The van der Waals surface area contributed by atoms with Crippen LogP contribution in [0.25, 0.3) is 0 Å². The molecule has 8 heteroatoms. The number of sulfonamides is 1. The number of carbonyl (C=O) groups is 1. The molecule has 0 radical (unpaired) electrons. The van der Waals surface area contributed by atoms with Gasteiger partial charge in [0.1, 0.15) is 4.90 Å². The minimum absolute atomic E-state index is 0.0864. The standard InChI is InChI=1S/C9H10ClFN2O3S/c1-2-13-9(14)6-3-5(10)4-7(8(6)11)17(12,15)16/h3-4H,2H2,1H3,(H,13,14)(H2,12,15,16). The van der Waals surface area contributed by atoms with E-state index < -0.39 is 32.2 Å². The van der Waals surface area contributed by atoms with Crippen LogP contribution in [0.2, 0.25) is 5.02 Å². The summed E-state index contributed by atoms with van der Waals surface area (Å²) in [6.45, 7) is 1.91. The van der Waals surface area contributed by atoms with Gasteiger partial charge in [-0.15, -0.1) is 0 Å². The van der Waals surface area contributed by atoms with Crippen LogP contribution in [0.5, 0.6) is 0 Å². The van der Waals surface area contributed by atoms with Crippen molar-refractivity contribution in [2.45, 2.75) is 11.8 Å². The molecule has 0 heterocycles. The number of nitrogens with two attached hydrogens (primary N) is 1. The van der Waals surface area contributed by atoms with Crippen molar-refractivity contribution in [3.8, 4) is 0 Å². The van der Waals surface area contributed by atoms with Gasteiger partial charge in [-0.05, 0) is 19.1 Å². The van der Waals surface area contributed by atoms with Gasteiger partial charge < -0.3 is 5.32 Å². The second-order valence-electron chi connectivity index (χ2n) is 3.17. The van der Waals surface area contributed by atoms with Crippen molar-refractivity contribution < 1.29 is 17.6 Å². The predicted octanol–water partition coefficient (Wildman–Crippen LogP) is 0.876. The van der Waals surface area contributed by atoms with E-state index in [0.717, 1.165) is 12.1 Å². The Hall–Kier alpha value is -1.18. The molecule has 1 aromatic carbocycles. The summed E-state index contributed by atoms with van der Waals surface area (Å²) in [6.07, 6.45) is 0. The molecule has 0 fully saturated rings. The van der Waals surface area contributed by atoms with Crippen molar-refractivity contribution in [3.63, 3.8) is 0 Å². The number of amides is 1. The lowest BCUT2D eigenvalue weighted by molar-refractivity contribution is 0.0951. The summed E-state index contributed by atoms with van der Waals surface area (Å²) in [7, 11) is -4.27. The first-order chi connectivity index (χ1) is 7.77. The topological polar surface area (TPSA) is 89.3 Å². The van der Waals surface area contributed by atoms with Crippen molar-refractivity contribution in [3.05, 3.63) is 28.5 Å². The molecule has 0 aromatic heterocycles. The zero-order valence-electron chi connectivity index (χ0n) is 8.83. The third-order valence-corrected chi connectivity index (χ3v) is 3.02. The van der Waals surface area contributed by atoms with E-state index in [1.807, 2.05) is 0 Å². The van der Waals surface area contributed by atoms with Gasteiger partial charge in [-0.2, -0.15) is 0 Å². The summed E-state index contributed by atoms with van der Waals surface area (Å²) in [6, 6.07) is 1.89. The maximum atomic E-state index is 13.7. The molecule has 0 bridgehead atoms. The van der Waals surface area contributed by atoms with Gasteiger partial charge in [0.05, 0.1) is 5.56 Å². The number of halogens is 2. The molecule has 0 unspecified atom stereocenters. The molecule has 1 amide bonds. The van der Waals surface area contributed by atoms with E-state index in [0.29, 0.717) is 0 Å². The van der Waals surface area contributed by atoms with Crippen LogP contribution in [0.1, 0.15) is 17.3 Å². The fourth-order valence-corrected chi connectivity index (χ4v) is 2.13. The van der Waals surface area contributed by atoms with Crippen LogP contribution in [-0.4, -0.2) is 20.9 Å². The smallest absolute Gasteiger partial charge is 0.254 e. The molecule has 5 nitrogen and oxygen atoms in total. The van der Waals surface area contributed by atoms with Gasteiger partial charge in [0, 0.05) is 11.6 Å². The van der Waals surface area contributed by atoms with E-state index in [1.54, 1.807) is 6.92 Å². The highest BCUT2D eigenvalue weighted by atomic mass is 35.5. The lowest BCUT2D eigenvalue weighted by Gasteiger charge is -2.07. The number of carbonyl (C=O) groups excluding carboxylic acids is 1. The first-order valence-electron chi connectivity index (χ1n) is 4.57. The van der Waals surface area contributed by atoms with Crippen molar-refractivity contribution in [2.24, 2.45) is 5.14 Å². The summed E-state index contributed by atoms with van der Waals surface area (Å²) < 4.78 is 35.9. The Morgan fingerprint density at radius 3 is 2.59 bits per heavy atom. The third kappa shape index (κ3) is 3.15. The minimum atomic E-state index is -4.27. The third-order valence-electron chi connectivity index (χ3n) is 1.89. The molecule has 0 spiro atoms. The largest absolute Gasteiger partial charge is 0.352 e. The summed E-state index contributed by atoms with van der Waals surface area (Å²) >= 11 is 5.61. The Kier molecular flexibility index (Phi) is 4.07. The number of primary sulfonamides is 1. The molecular formula is C9H10ClFN2O3S. The summed E-state index contributed by atoms with van der Waals surface area (Å²) in [5.41, 5.74) is -0.455. The van der Waals surface area contributed by atoms with Crippen molar-refractivity contribution in [2.75, 3.05) is 6.54 Å². The average molecular weight is 281 g/mol. The fraction of sp³-hybridized carbons (Fsp3) is 0.222. The fourth-order valence-electron chi connectivity index (χ4n) is 1.19. The molecule has 0 aliphatic heterocycles. The maximum absolute atomic E-state index is 13.7. The van der Waals surface area contributed by atoms with Gasteiger partial charge in [0.15, 0.2) is 5.82 Å². The van der Waals surface area contributed by atoms with Crippen LogP contribution in [0.15, 0.2) is 17.0 Å². The van der Waals surface area contributed by atoms with Gasteiger partial charge in [0.25, 0.3) is 5.91 Å². The minimum Gasteiger partial charge on any atom is -0.352 e. The Morgan fingerprint density at radius 2 is 2.12 bits per heavy atom. The van der Waals surface area contributed by atoms with E-state index in [9.17, 15) is 17.6 Å². The molecule has 1 aromatic rings. The van der Waals surface area contributed by atoms with Crippen LogP contribution >= 0.6 is 11.6 Å². The first kappa shape index (κ1) is 13.9. The highest BCUT2D eigenvalue weighted by Gasteiger charge is 2.22. The molecule has 0 aliphatic carbocycles. The second-order valence-corrected chi connectivity index (χ2v) is 5.14. The number of benzene rings is 1. The monoisotopic (exact) mass is 280 g/mol. The Bertz CT molecular complexity index is 560. The lowest BCUT2D eigenvalue weighted by Crippen LogP contribution is -2.25. The van der Waals surface area contributed by atoms with Gasteiger partial charge in [-0.1, -0.05) is 11.6 Å². The quantitative estimate of drug-likeness (QED) is 0.861. The number of rotatable bonds is 3. The van der Waals surface area contributed by atoms with Crippen LogP contribution < -0.4 is 10.5 Å². The first-order valence-corrected chi connectivity index (χ1v) is 6.49. The SMILES string of the molecule is CCNC(=O)c1cc(Cl)cc(S(N)(=O)=O)c1F. The zero-order chi connectivity index (χ0) is 13.2. The highest BCUT2D eigenvalue weighted by molar-refractivity contribution is 7.89. The van der Waals surface area contributed by atoms with Crippen molar-refractivity contribution >= 4 is 27.5 Å². The van der Waals surface area contributed by atoms with E-state index in [2.05, 4.69) is 5.32 Å². The van der Waals surface area contributed by atoms with E-state index >= 15 is 0 Å². The number of nitrogens with one attached hydrogen (secondary N) is 1. The Labute approximate surface area is 103 Å². The van der Waals surface area contributed by atoms with Crippen LogP contribution in [-0.2, 0) is 10.0 Å². The molecular weight excluding hydrogens is 271 g/mol. The molecule has 0 saturated carbocycles. The Balaban J connectivity index is 3.44. The van der Waals surface area contributed by atoms with E-state index in [4.69, 9.17) is 16.7 Å². The van der Waals surface area contributed by atoms with E-state index in [1.165, 1.54) is 0 Å². The van der Waals surface area contributed by atoms with Crippen LogP contribution in [0, 0.1) is 5.82 Å². The van der Waals surface area contributed by atoms with Gasteiger partial charge in [-0.25, -0.2) is 17.9 Å². The molecule has 3 N–H and O–H groups in total. The average Bonchev–Trinajstić information content (AvgIpc) is 2.19. The summed E-state index contributed by atoms with van der Waals surface area (Å²) in [5.74, 6) is -1.96.